The van der Waals surface area contributed by atoms with Crippen LogP contribution >= 0.6 is 0 Å². The summed E-state index contributed by atoms with van der Waals surface area (Å²) in [5.41, 5.74) is 8.03. The molecule has 0 atom stereocenters. The van der Waals surface area contributed by atoms with Crippen LogP contribution in [0.25, 0.3) is 0 Å². The standard InChI is InChI=1S/C11H15N.CH5N/c1-9(2)12(4)11-7-5-10(3)6-8-11;1-2/h5-8H,1H2,2-4H3;2H2,1H3. The van der Waals surface area contributed by atoms with E-state index in [1.54, 1.807) is 0 Å². The van der Waals surface area contributed by atoms with Crippen LogP contribution in [0.5, 0.6) is 0 Å². The lowest BCUT2D eigenvalue weighted by molar-refractivity contribution is 1.10. The van der Waals surface area contributed by atoms with Crippen molar-refractivity contribution >= 4 is 5.69 Å². The van der Waals surface area contributed by atoms with Crippen molar-refractivity contribution in [2.24, 2.45) is 5.73 Å². The third-order valence-electron chi connectivity index (χ3n) is 1.99. The van der Waals surface area contributed by atoms with Crippen molar-refractivity contribution in [1.82, 2.24) is 0 Å². The minimum Gasteiger partial charge on any atom is -0.349 e. The summed E-state index contributed by atoms with van der Waals surface area (Å²) in [6.07, 6.45) is 0. The Labute approximate surface area is 87.0 Å². The van der Waals surface area contributed by atoms with Gasteiger partial charge in [-0.25, -0.2) is 0 Å². The molecule has 0 unspecified atom stereocenters. The molecule has 1 aromatic rings. The molecule has 0 spiro atoms. The van der Waals surface area contributed by atoms with Gasteiger partial charge in [0.2, 0.25) is 0 Å². The highest BCUT2D eigenvalue weighted by atomic mass is 15.1. The molecule has 1 aromatic carbocycles. The Hall–Kier alpha value is -1.28. The van der Waals surface area contributed by atoms with Crippen LogP contribution in [-0.2, 0) is 0 Å². The smallest absolute Gasteiger partial charge is 0.0405 e. The fraction of sp³-hybridized carbons (Fsp3) is 0.333. The third-order valence-corrected chi connectivity index (χ3v) is 1.99. The number of hydrogen-bond donors (Lipinski definition) is 1. The van der Waals surface area contributed by atoms with Gasteiger partial charge < -0.3 is 10.6 Å². The molecule has 0 heterocycles. The van der Waals surface area contributed by atoms with E-state index in [1.165, 1.54) is 18.3 Å². The zero-order valence-corrected chi connectivity index (χ0v) is 9.54. The first-order chi connectivity index (χ1) is 6.61. The lowest BCUT2D eigenvalue weighted by Crippen LogP contribution is -2.12. The van der Waals surface area contributed by atoms with E-state index in [4.69, 9.17) is 0 Å². The summed E-state index contributed by atoms with van der Waals surface area (Å²) < 4.78 is 0. The van der Waals surface area contributed by atoms with E-state index >= 15 is 0 Å². The SMILES string of the molecule is C=C(C)N(C)c1ccc(C)cc1.CN. The summed E-state index contributed by atoms with van der Waals surface area (Å²) in [5, 5.41) is 0. The van der Waals surface area contributed by atoms with Gasteiger partial charge in [0, 0.05) is 18.4 Å². The molecule has 2 heteroatoms. The lowest BCUT2D eigenvalue weighted by atomic mass is 10.2. The van der Waals surface area contributed by atoms with Crippen molar-refractivity contribution in [2.75, 3.05) is 19.0 Å². The first kappa shape index (κ1) is 12.7. The molecule has 78 valence electrons. The Morgan fingerprint density at radius 3 is 2.00 bits per heavy atom. The number of hydrogen-bond acceptors (Lipinski definition) is 2. The predicted molar refractivity (Wildman–Crippen MR) is 64.5 cm³/mol. The first-order valence-electron chi connectivity index (χ1n) is 4.65. The molecule has 0 aliphatic heterocycles. The molecule has 0 aromatic heterocycles. The molecular weight excluding hydrogens is 172 g/mol. The van der Waals surface area contributed by atoms with Crippen molar-refractivity contribution in [2.45, 2.75) is 13.8 Å². The molecule has 0 fully saturated rings. The zero-order chi connectivity index (χ0) is 11.1. The minimum atomic E-state index is 1.05. The van der Waals surface area contributed by atoms with Gasteiger partial charge in [-0.3, -0.25) is 0 Å². The number of anilines is 1. The Balaban J connectivity index is 0.000000791. The van der Waals surface area contributed by atoms with E-state index in [9.17, 15) is 0 Å². The molecule has 0 aliphatic rings. The van der Waals surface area contributed by atoms with Crippen LogP contribution in [0.1, 0.15) is 12.5 Å². The molecular formula is C12H20N2. The summed E-state index contributed by atoms with van der Waals surface area (Å²) in [5.74, 6) is 0. The zero-order valence-electron chi connectivity index (χ0n) is 9.54. The predicted octanol–water partition coefficient (Wildman–Crippen LogP) is 2.54. The summed E-state index contributed by atoms with van der Waals surface area (Å²) in [6.45, 7) is 7.97. The van der Waals surface area contributed by atoms with E-state index < -0.39 is 0 Å². The maximum atomic E-state index is 4.50. The number of benzene rings is 1. The van der Waals surface area contributed by atoms with E-state index in [-0.39, 0.29) is 0 Å². The number of rotatable bonds is 2. The number of nitrogens with two attached hydrogens (primary N) is 1. The monoisotopic (exact) mass is 192 g/mol. The van der Waals surface area contributed by atoms with Crippen molar-refractivity contribution in [1.29, 1.82) is 0 Å². The van der Waals surface area contributed by atoms with Gasteiger partial charge in [-0.15, -0.1) is 0 Å². The normalized spacial score (nSPS) is 8.64. The molecule has 0 bridgehead atoms. The summed E-state index contributed by atoms with van der Waals surface area (Å²) >= 11 is 0. The third kappa shape index (κ3) is 3.62. The number of allylic oxidation sites excluding steroid dienone is 1. The lowest BCUT2D eigenvalue weighted by Gasteiger charge is -2.18. The minimum absolute atomic E-state index is 1.05. The molecule has 0 amide bonds. The fourth-order valence-electron chi connectivity index (χ4n) is 0.989. The van der Waals surface area contributed by atoms with Gasteiger partial charge in [-0.05, 0) is 33.0 Å². The van der Waals surface area contributed by atoms with Crippen LogP contribution in [0.4, 0.5) is 5.69 Å². The van der Waals surface area contributed by atoms with Gasteiger partial charge in [0.05, 0.1) is 0 Å². The van der Waals surface area contributed by atoms with Crippen molar-refractivity contribution in [3.05, 3.63) is 42.1 Å². The maximum absolute atomic E-state index is 4.50. The summed E-state index contributed by atoms with van der Waals surface area (Å²) in [4.78, 5) is 2.07. The van der Waals surface area contributed by atoms with Crippen LogP contribution in [0.3, 0.4) is 0 Å². The molecule has 2 N–H and O–H groups in total. The molecule has 14 heavy (non-hydrogen) atoms. The summed E-state index contributed by atoms with van der Waals surface area (Å²) in [6, 6.07) is 8.41. The van der Waals surface area contributed by atoms with Gasteiger partial charge in [0.15, 0.2) is 0 Å². The average molecular weight is 192 g/mol. The molecule has 0 radical (unpaired) electrons. The molecule has 2 nitrogen and oxygen atoms in total. The van der Waals surface area contributed by atoms with Gasteiger partial charge >= 0.3 is 0 Å². The van der Waals surface area contributed by atoms with E-state index in [0.717, 1.165) is 5.70 Å². The Bertz CT molecular complexity index is 275. The van der Waals surface area contributed by atoms with Crippen LogP contribution < -0.4 is 10.6 Å². The molecule has 1 rings (SSSR count). The summed E-state index contributed by atoms with van der Waals surface area (Å²) in [7, 11) is 3.52. The van der Waals surface area contributed by atoms with E-state index in [2.05, 4.69) is 48.4 Å². The van der Waals surface area contributed by atoms with Crippen LogP contribution in [-0.4, -0.2) is 14.1 Å². The van der Waals surface area contributed by atoms with Crippen LogP contribution in [0, 0.1) is 6.92 Å². The van der Waals surface area contributed by atoms with Gasteiger partial charge in [0.1, 0.15) is 0 Å². The van der Waals surface area contributed by atoms with Crippen molar-refractivity contribution in [3.8, 4) is 0 Å². The van der Waals surface area contributed by atoms with E-state index in [1.807, 2.05) is 14.0 Å². The molecule has 0 saturated carbocycles. The van der Waals surface area contributed by atoms with Gasteiger partial charge in [0.25, 0.3) is 0 Å². The highest BCUT2D eigenvalue weighted by molar-refractivity contribution is 5.50. The fourth-order valence-corrected chi connectivity index (χ4v) is 0.989. The van der Waals surface area contributed by atoms with Crippen LogP contribution in [0.2, 0.25) is 0 Å². The van der Waals surface area contributed by atoms with Crippen molar-refractivity contribution < 1.29 is 0 Å². The van der Waals surface area contributed by atoms with Crippen molar-refractivity contribution in [3.63, 3.8) is 0 Å². The van der Waals surface area contributed by atoms with E-state index in [0.29, 0.717) is 0 Å². The first-order valence-corrected chi connectivity index (χ1v) is 4.65. The quantitative estimate of drug-likeness (QED) is 0.780. The second kappa shape index (κ2) is 6.22. The number of nitrogens with zero attached hydrogens (tertiary/aromatic N) is 1. The highest BCUT2D eigenvalue weighted by Gasteiger charge is 1.98. The Morgan fingerprint density at radius 2 is 1.64 bits per heavy atom. The van der Waals surface area contributed by atoms with Crippen LogP contribution in [0.15, 0.2) is 36.5 Å². The average Bonchev–Trinajstić information content (AvgIpc) is 2.21. The van der Waals surface area contributed by atoms with Gasteiger partial charge in [-0.2, -0.15) is 0 Å². The van der Waals surface area contributed by atoms with Gasteiger partial charge in [-0.1, -0.05) is 24.3 Å². The highest BCUT2D eigenvalue weighted by Crippen LogP contribution is 2.16. The topological polar surface area (TPSA) is 29.3 Å². The molecule has 0 aliphatic carbocycles. The Morgan fingerprint density at radius 1 is 1.21 bits per heavy atom. The largest absolute Gasteiger partial charge is 0.349 e. The second-order valence-electron chi connectivity index (χ2n) is 3.13. The Kier molecular flexibility index (Phi) is 5.65. The maximum Gasteiger partial charge on any atom is 0.0405 e. The number of aryl methyl sites for hydroxylation is 1. The molecule has 0 saturated heterocycles. The second-order valence-corrected chi connectivity index (χ2v) is 3.13.